The fraction of sp³-hybridized carbons (Fsp3) is 0.462. The summed E-state index contributed by atoms with van der Waals surface area (Å²) in [5, 5.41) is 2.80. The van der Waals surface area contributed by atoms with Gasteiger partial charge >= 0.3 is 17.8 Å². The van der Waals surface area contributed by atoms with E-state index in [4.69, 9.17) is 4.74 Å². The van der Waals surface area contributed by atoms with Crippen LogP contribution in [0.2, 0.25) is 0 Å². The Hall–Kier alpha value is -1.89. The monoisotopic (exact) mass is 297 g/mol. The number of esters is 2. The first kappa shape index (κ1) is 14.5. The van der Waals surface area contributed by atoms with E-state index in [9.17, 15) is 14.4 Å². The number of methoxy groups -OCH3 is 1. The number of fused-ring (bicyclic) bond motifs is 1. The van der Waals surface area contributed by atoms with Gasteiger partial charge < -0.3 is 14.8 Å². The molecule has 0 saturated heterocycles. The number of carbonyl (C=O) groups is 3. The van der Waals surface area contributed by atoms with Crippen molar-refractivity contribution >= 4 is 34.2 Å². The Morgan fingerprint density at radius 3 is 2.70 bits per heavy atom. The average Bonchev–Trinajstić information content (AvgIpc) is 2.97. The molecule has 7 heteroatoms. The minimum atomic E-state index is -0.992. The van der Waals surface area contributed by atoms with Gasteiger partial charge in [-0.2, -0.15) is 0 Å². The number of aryl methyl sites for hydroxylation is 1. The van der Waals surface area contributed by atoms with E-state index in [2.05, 4.69) is 10.1 Å². The Kier molecular flexibility index (Phi) is 4.39. The molecule has 1 N–H and O–H groups in total. The van der Waals surface area contributed by atoms with E-state index in [0.29, 0.717) is 10.6 Å². The van der Waals surface area contributed by atoms with Gasteiger partial charge in [-0.15, -0.1) is 11.3 Å². The van der Waals surface area contributed by atoms with E-state index in [1.165, 1.54) is 11.3 Å². The van der Waals surface area contributed by atoms with Crippen LogP contribution in [0, 0.1) is 0 Å². The zero-order valence-corrected chi connectivity index (χ0v) is 12.1. The van der Waals surface area contributed by atoms with Crippen LogP contribution in [0.25, 0.3) is 0 Å². The van der Waals surface area contributed by atoms with E-state index in [1.54, 1.807) is 6.92 Å². The normalized spacial score (nSPS) is 12.7. The number of anilines is 1. The van der Waals surface area contributed by atoms with Crippen molar-refractivity contribution in [3.8, 4) is 0 Å². The van der Waals surface area contributed by atoms with E-state index >= 15 is 0 Å². The summed E-state index contributed by atoms with van der Waals surface area (Å²) < 4.78 is 9.37. The minimum absolute atomic E-state index is 0.258. The molecule has 1 heterocycles. The van der Waals surface area contributed by atoms with Crippen LogP contribution in [0.4, 0.5) is 5.00 Å². The molecule has 2 rings (SSSR count). The summed E-state index contributed by atoms with van der Waals surface area (Å²) in [5.41, 5.74) is 1.30. The Morgan fingerprint density at radius 2 is 2.05 bits per heavy atom. The number of thiophene rings is 1. The highest BCUT2D eigenvalue weighted by Gasteiger charge is 2.29. The van der Waals surface area contributed by atoms with Gasteiger partial charge in [0.2, 0.25) is 0 Å². The van der Waals surface area contributed by atoms with E-state index in [-0.39, 0.29) is 6.61 Å². The Bertz CT molecular complexity index is 563. The third kappa shape index (κ3) is 2.67. The van der Waals surface area contributed by atoms with Crippen molar-refractivity contribution in [3.63, 3.8) is 0 Å². The van der Waals surface area contributed by atoms with Gasteiger partial charge in [-0.25, -0.2) is 9.59 Å². The first-order valence-corrected chi connectivity index (χ1v) is 7.11. The molecule has 0 fully saturated rings. The standard InChI is InChI=1S/C13H15NO5S/c1-3-19-12(16)9-7-5-4-6-8(7)20-11(9)14-10(15)13(17)18-2/h3-6H2,1-2H3,(H,14,15). The lowest BCUT2D eigenvalue weighted by molar-refractivity contribution is -0.150. The minimum Gasteiger partial charge on any atom is -0.462 e. The Labute approximate surface area is 120 Å². The van der Waals surface area contributed by atoms with Crippen LogP contribution >= 0.6 is 11.3 Å². The third-order valence-corrected chi connectivity index (χ3v) is 4.21. The van der Waals surface area contributed by atoms with E-state index in [1.807, 2.05) is 0 Å². The number of hydrogen-bond donors (Lipinski definition) is 1. The van der Waals surface area contributed by atoms with E-state index in [0.717, 1.165) is 36.8 Å². The number of ether oxygens (including phenoxy) is 2. The number of rotatable bonds is 3. The fourth-order valence-corrected chi connectivity index (χ4v) is 3.43. The highest BCUT2D eigenvalue weighted by Crippen LogP contribution is 2.39. The van der Waals surface area contributed by atoms with Crippen molar-refractivity contribution in [1.29, 1.82) is 0 Å². The van der Waals surface area contributed by atoms with Crippen LogP contribution in [0.3, 0.4) is 0 Å². The summed E-state index contributed by atoms with van der Waals surface area (Å²) in [6.07, 6.45) is 2.65. The van der Waals surface area contributed by atoms with Crippen LogP contribution in [0.5, 0.6) is 0 Å². The number of nitrogens with one attached hydrogen (secondary N) is 1. The molecule has 0 unspecified atom stereocenters. The SMILES string of the molecule is CCOC(=O)c1c(NC(=O)C(=O)OC)sc2c1CCC2. The molecule has 0 saturated carbocycles. The van der Waals surface area contributed by atoms with Crippen molar-refractivity contribution in [2.24, 2.45) is 0 Å². The highest BCUT2D eigenvalue weighted by atomic mass is 32.1. The van der Waals surface area contributed by atoms with Gasteiger partial charge in [0.05, 0.1) is 19.3 Å². The molecular weight excluding hydrogens is 282 g/mol. The number of amides is 1. The zero-order chi connectivity index (χ0) is 14.7. The maximum absolute atomic E-state index is 12.0. The molecule has 0 aromatic carbocycles. The molecule has 0 radical (unpaired) electrons. The topological polar surface area (TPSA) is 81.7 Å². The van der Waals surface area contributed by atoms with Crippen molar-refractivity contribution < 1.29 is 23.9 Å². The molecule has 1 aromatic rings. The second-order valence-corrected chi connectivity index (χ2v) is 5.33. The third-order valence-electron chi connectivity index (χ3n) is 3.00. The van der Waals surface area contributed by atoms with Crippen LogP contribution in [0.1, 0.15) is 34.1 Å². The summed E-state index contributed by atoms with van der Waals surface area (Å²) in [4.78, 5) is 35.8. The lowest BCUT2D eigenvalue weighted by atomic mass is 10.1. The lowest BCUT2D eigenvalue weighted by Crippen LogP contribution is -2.24. The Balaban J connectivity index is 2.31. The summed E-state index contributed by atoms with van der Waals surface area (Å²) in [6, 6.07) is 0. The van der Waals surface area contributed by atoms with Crippen molar-refractivity contribution in [3.05, 3.63) is 16.0 Å². The maximum Gasteiger partial charge on any atom is 0.396 e. The van der Waals surface area contributed by atoms with Crippen LogP contribution in [0.15, 0.2) is 0 Å². The molecule has 1 aliphatic carbocycles. The molecule has 0 bridgehead atoms. The van der Waals surface area contributed by atoms with Crippen LogP contribution < -0.4 is 5.32 Å². The fourth-order valence-electron chi connectivity index (χ4n) is 2.16. The van der Waals surface area contributed by atoms with Crippen molar-refractivity contribution in [2.45, 2.75) is 26.2 Å². The smallest absolute Gasteiger partial charge is 0.396 e. The van der Waals surface area contributed by atoms with Crippen LogP contribution in [-0.4, -0.2) is 31.6 Å². The second-order valence-electron chi connectivity index (χ2n) is 4.23. The van der Waals surface area contributed by atoms with Gasteiger partial charge in [0.25, 0.3) is 0 Å². The Morgan fingerprint density at radius 1 is 1.30 bits per heavy atom. The first-order valence-electron chi connectivity index (χ1n) is 6.29. The van der Waals surface area contributed by atoms with Gasteiger partial charge in [0.15, 0.2) is 0 Å². The molecule has 0 spiro atoms. The highest BCUT2D eigenvalue weighted by molar-refractivity contribution is 7.17. The van der Waals surface area contributed by atoms with E-state index < -0.39 is 17.8 Å². The molecule has 1 amide bonds. The van der Waals surface area contributed by atoms with Crippen molar-refractivity contribution in [2.75, 3.05) is 19.0 Å². The van der Waals surface area contributed by atoms with Crippen LogP contribution in [-0.2, 0) is 31.9 Å². The number of hydrogen-bond acceptors (Lipinski definition) is 6. The number of carbonyl (C=O) groups excluding carboxylic acids is 3. The van der Waals surface area contributed by atoms with Gasteiger partial charge in [-0.3, -0.25) is 4.79 Å². The predicted octanol–water partition coefficient (Wildman–Crippen LogP) is 1.52. The summed E-state index contributed by atoms with van der Waals surface area (Å²) >= 11 is 1.32. The quantitative estimate of drug-likeness (QED) is 0.676. The zero-order valence-electron chi connectivity index (χ0n) is 11.3. The molecule has 1 aliphatic rings. The first-order chi connectivity index (χ1) is 9.58. The van der Waals surface area contributed by atoms with Gasteiger partial charge in [-0.05, 0) is 31.7 Å². The molecule has 20 heavy (non-hydrogen) atoms. The van der Waals surface area contributed by atoms with Gasteiger partial charge in [0.1, 0.15) is 5.00 Å². The molecule has 108 valence electrons. The summed E-state index contributed by atoms with van der Waals surface area (Å²) in [5.74, 6) is -2.35. The second kappa shape index (κ2) is 6.04. The van der Waals surface area contributed by atoms with Crippen molar-refractivity contribution in [1.82, 2.24) is 0 Å². The molecule has 0 aliphatic heterocycles. The lowest BCUT2D eigenvalue weighted by Gasteiger charge is -2.06. The van der Waals surface area contributed by atoms with Gasteiger partial charge in [-0.1, -0.05) is 0 Å². The largest absolute Gasteiger partial charge is 0.462 e. The molecule has 1 aromatic heterocycles. The summed E-state index contributed by atoms with van der Waals surface area (Å²) in [7, 11) is 1.13. The molecule has 6 nitrogen and oxygen atoms in total. The molecular formula is C13H15NO5S. The molecule has 0 atom stereocenters. The van der Waals surface area contributed by atoms with Gasteiger partial charge in [0, 0.05) is 4.88 Å². The predicted molar refractivity (Wildman–Crippen MR) is 72.9 cm³/mol. The maximum atomic E-state index is 12.0. The summed E-state index contributed by atoms with van der Waals surface area (Å²) in [6.45, 7) is 1.98. The average molecular weight is 297 g/mol.